The van der Waals surface area contributed by atoms with E-state index < -0.39 is 23.6 Å². The minimum atomic E-state index is -0.973. The molecule has 0 unspecified atom stereocenters. The maximum absolute atomic E-state index is 13.5. The summed E-state index contributed by atoms with van der Waals surface area (Å²) >= 11 is 0. The van der Waals surface area contributed by atoms with E-state index in [9.17, 15) is 14.4 Å². The summed E-state index contributed by atoms with van der Waals surface area (Å²) in [6, 6.07) is 8.92. The Morgan fingerprint density at radius 3 is 2.41 bits per heavy atom. The topological polar surface area (TPSA) is 72.9 Å². The van der Waals surface area contributed by atoms with Crippen LogP contribution >= 0.6 is 0 Å². The first-order valence-electron chi connectivity index (χ1n) is 11.8. The lowest BCUT2D eigenvalue weighted by Gasteiger charge is -2.50. The third-order valence-corrected chi connectivity index (χ3v) is 7.85. The van der Waals surface area contributed by atoms with Gasteiger partial charge in [-0.2, -0.15) is 0 Å². The second kappa shape index (κ2) is 7.46. The Morgan fingerprint density at radius 2 is 1.72 bits per heavy atom. The van der Waals surface area contributed by atoms with E-state index in [0.29, 0.717) is 36.1 Å². The fraction of sp³-hybridized carbons (Fsp3) is 0.577. The lowest BCUT2D eigenvalue weighted by molar-refractivity contribution is -0.273. The van der Waals surface area contributed by atoms with Crippen molar-refractivity contribution >= 4 is 23.5 Å². The van der Waals surface area contributed by atoms with E-state index in [1.807, 2.05) is 13.0 Å². The number of allylic oxidation sites excluding steroid dienone is 1. The SMILES string of the molecule is CC(C)[C@@H]1CC[C@@H](C)C[C@]12OC(=O)C1=C(C[C@@H](C)[C@H]3C(=O)N(c4ccccc4)C(=O)[C@@H]13)O2. The van der Waals surface area contributed by atoms with E-state index >= 15 is 0 Å². The van der Waals surface area contributed by atoms with Crippen molar-refractivity contribution in [2.24, 2.45) is 35.5 Å². The lowest BCUT2D eigenvalue weighted by atomic mass is 9.70. The molecule has 2 heterocycles. The zero-order valence-electron chi connectivity index (χ0n) is 19.2. The van der Waals surface area contributed by atoms with Crippen LogP contribution in [-0.2, 0) is 23.9 Å². The average Bonchev–Trinajstić information content (AvgIpc) is 2.98. The van der Waals surface area contributed by atoms with Crippen LogP contribution in [-0.4, -0.2) is 23.6 Å². The first-order valence-corrected chi connectivity index (χ1v) is 11.8. The molecule has 2 fully saturated rings. The number of para-hydroxylation sites is 1. The maximum atomic E-state index is 13.5. The molecule has 0 aromatic heterocycles. The summed E-state index contributed by atoms with van der Waals surface area (Å²) in [5.41, 5.74) is 0.796. The normalized spacial score (nSPS) is 36.8. The van der Waals surface area contributed by atoms with Gasteiger partial charge in [0, 0.05) is 18.8 Å². The molecular weight excluding hydrogens is 406 g/mol. The summed E-state index contributed by atoms with van der Waals surface area (Å²) in [6.07, 6.45) is 3.14. The van der Waals surface area contributed by atoms with E-state index in [1.165, 1.54) is 4.90 Å². The zero-order chi connectivity index (χ0) is 22.8. The van der Waals surface area contributed by atoms with Crippen molar-refractivity contribution in [3.63, 3.8) is 0 Å². The molecule has 170 valence electrons. The largest absolute Gasteiger partial charge is 0.456 e. The van der Waals surface area contributed by atoms with E-state index in [-0.39, 0.29) is 29.2 Å². The molecule has 1 spiro atoms. The standard InChI is InChI=1S/C26H31NO5/c1-14(2)18-11-10-15(3)13-26(18)31-19-12-16(4)20-22(21(19)25(30)32-26)24(29)27(23(20)28)17-8-6-5-7-9-17/h5-9,14-16,18,20,22H,10-13H2,1-4H3/t15-,16-,18+,20-,22-,26+/m1/s1. The van der Waals surface area contributed by atoms with Crippen molar-refractivity contribution in [1.82, 2.24) is 0 Å². The van der Waals surface area contributed by atoms with Crippen molar-refractivity contribution in [3.8, 4) is 0 Å². The number of imide groups is 1. The number of carbonyl (C=O) groups excluding carboxylic acids is 3. The third kappa shape index (κ3) is 3.02. The number of hydrogen-bond acceptors (Lipinski definition) is 5. The highest BCUT2D eigenvalue weighted by molar-refractivity contribution is 6.24. The number of anilines is 1. The van der Waals surface area contributed by atoms with Crippen LogP contribution in [0.5, 0.6) is 0 Å². The van der Waals surface area contributed by atoms with Crippen LogP contribution in [0.25, 0.3) is 0 Å². The molecule has 4 aliphatic rings. The highest BCUT2D eigenvalue weighted by Gasteiger charge is 2.61. The van der Waals surface area contributed by atoms with Gasteiger partial charge in [0.25, 0.3) is 5.79 Å². The number of esters is 1. The molecule has 2 aliphatic heterocycles. The Kier molecular flexibility index (Phi) is 4.95. The number of ether oxygens (including phenoxy) is 2. The van der Waals surface area contributed by atoms with Crippen LogP contribution in [0.3, 0.4) is 0 Å². The molecule has 1 aromatic rings. The van der Waals surface area contributed by atoms with Gasteiger partial charge in [0.1, 0.15) is 5.76 Å². The summed E-state index contributed by atoms with van der Waals surface area (Å²) in [5.74, 6) is -2.23. The quantitative estimate of drug-likeness (QED) is 0.505. The molecule has 6 nitrogen and oxygen atoms in total. The van der Waals surface area contributed by atoms with Gasteiger partial charge in [0.15, 0.2) is 0 Å². The fourth-order valence-corrected chi connectivity index (χ4v) is 6.38. The minimum absolute atomic E-state index is 0.103. The number of hydrogen-bond donors (Lipinski definition) is 0. The Hall–Kier alpha value is -2.63. The molecule has 5 rings (SSSR count). The summed E-state index contributed by atoms with van der Waals surface area (Å²) < 4.78 is 12.7. The first-order chi connectivity index (χ1) is 15.2. The summed E-state index contributed by atoms with van der Waals surface area (Å²) in [4.78, 5) is 41.5. The maximum Gasteiger partial charge on any atom is 0.341 e. The second-order valence-electron chi connectivity index (χ2n) is 10.4. The third-order valence-electron chi connectivity index (χ3n) is 7.85. The van der Waals surface area contributed by atoms with Crippen LogP contribution in [0.2, 0.25) is 0 Å². The van der Waals surface area contributed by atoms with Crippen LogP contribution in [0.15, 0.2) is 41.7 Å². The molecule has 0 N–H and O–H groups in total. The van der Waals surface area contributed by atoms with Gasteiger partial charge in [-0.05, 0) is 42.7 Å². The minimum Gasteiger partial charge on any atom is -0.456 e. The lowest BCUT2D eigenvalue weighted by Crippen LogP contribution is -2.55. The van der Waals surface area contributed by atoms with Crippen LogP contribution < -0.4 is 4.90 Å². The monoisotopic (exact) mass is 437 g/mol. The summed E-state index contributed by atoms with van der Waals surface area (Å²) in [6.45, 7) is 8.41. The van der Waals surface area contributed by atoms with Gasteiger partial charge in [-0.25, -0.2) is 9.69 Å². The van der Waals surface area contributed by atoms with E-state index in [0.717, 1.165) is 12.8 Å². The molecule has 1 saturated carbocycles. The van der Waals surface area contributed by atoms with Crippen LogP contribution in [0.4, 0.5) is 5.69 Å². The Bertz CT molecular complexity index is 999. The van der Waals surface area contributed by atoms with Crippen LogP contribution in [0.1, 0.15) is 53.4 Å². The number of amides is 2. The van der Waals surface area contributed by atoms with Gasteiger partial charge in [-0.15, -0.1) is 0 Å². The van der Waals surface area contributed by atoms with Crippen molar-refractivity contribution in [2.45, 2.75) is 59.2 Å². The van der Waals surface area contributed by atoms with Crippen molar-refractivity contribution < 1.29 is 23.9 Å². The smallest absolute Gasteiger partial charge is 0.341 e. The highest BCUT2D eigenvalue weighted by atomic mass is 16.7. The highest BCUT2D eigenvalue weighted by Crippen LogP contribution is 2.54. The molecule has 0 radical (unpaired) electrons. The average molecular weight is 438 g/mol. The van der Waals surface area contributed by atoms with E-state index in [2.05, 4.69) is 20.8 Å². The number of benzene rings is 1. The zero-order valence-corrected chi connectivity index (χ0v) is 19.2. The Balaban J connectivity index is 1.56. The van der Waals surface area contributed by atoms with Gasteiger partial charge in [0.05, 0.1) is 23.1 Å². The second-order valence-corrected chi connectivity index (χ2v) is 10.4. The summed E-state index contributed by atoms with van der Waals surface area (Å²) in [7, 11) is 0. The van der Waals surface area contributed by atoms with Gasteiger partial charge in [-0.1, -0.05) is 45.9 Å². The molecule has 1 saturated heterocycles. The molecule has 6 heteroatoms. The Labute approximate surface area is 188 Å². The van der Waals surface area contributed by atoms with Crippen molar-refractivity contribution in [2.75, 3.05) is 4.90 Å². The molecule has 2 amide bonds. The molecular formula is C26H31NO5. The fourth-order valence-electron chi connectivity index (χ4n) is 6.38. The molecule has 6 atom stereocenters. The van der Waals surface area contributed by atoms with Crippen molar-refractivity contribution in [3.05, 3.63) is 41.7 Å². The van der Waals surface area contributed by atoms with E-state index in [4.69, 9.17) is 9.47 Å². The van der Waals surface area contributed by atoms with E-state index in [1.54, 1.807) is 24.3 Å². The van der Waals surface area contributed by atoms with Crippen molar-refractivity contribution in [1.29, 1.82) is 0 Å². The number of rotatable bonds is 2. The summed E-state index contributed by atoms with van der Waals surface area (Å²) in [5, 5.41) is 0. The number of carbonyl (C=O) groups is 3. The van der Waals surface area contributed by atoms with Crippen LogP contribution in [0, 0.1) is 35.5 Å². The number of nitrogens with zero attached hydrogens (tertiary/aromatic N) is 1. The molecule has 32 heavy (non-hydrogen) atoms. The molecule has 0 bridgehead atoms. The molecule has 1 aromatic carbocycles. The molecule has 2 aliphatic carbocycles. The first kappa shape index (κ1) is 21.2. The number of fused-ring (bicyclic) bond motifs is 2. The van der Waals surface area contributed by atoms with Gasteiger partial charge in [-0.3, -0.25) is 9.59 Å². The Morgan fingerprint density at radius 1 is 1.00 bits per heavy atom. The van der Waals surface area contributed by atoms with Gasteiger partial charge < -0.3 is 9.47 Å². The van der Waals surface area contributed by atoms with Gasteiger partial charge in [0.2, 0.25) is 11.8 Å². The van der Waals surface area contributed by atoms with Gasteiger partial charge >= 0.3 is 5.97 Å². The predicted molar refractivity (Wildman–Crippen MR) is 118 cm³/mol. The predicted octanol–water partition coefficient (Wildman–Crippen LogP) is 4.45.